The van der Waals surface area contributed by atoms with E-state index in [9.17, 15) is 0 Å². The van der Waals surface area contributed by atoms with Gasteiger partial charge < -0.3 is 10.2 Å². The van der Waals surface area contributed by atoms with Gasteiger partial charge >= 0.3 is 0 Å². The summed E-state index contributed by atoms with van der Waals surface area (Å²) in [5.41, 5.74) is 1.47. The van der Waals surface area contributed by atoms with Crippen LogP contribution in [0.4, 0.5) is 0 Å². The second kappa shape index (κ2) is 6.26. The smallest absolute Gasteiger partial charge is 0.0299 e. The second-order valence-electron chi connectivity index (χ2n) is 4.21. The maximum atomic E-state index is 3.44. The molecule has 0 aliphatic heterocycles. The number of aryl methyl sites for hydroxylation is 1. The van der Waals surface area contributed by atoms with Crippen molar-refractivity contribution in [2.45, 2.75) is 33.4 Å². The molecule has 0 saturated heterocycles. The Kier molecular flexibility index (Phi) is 5.29. The maximum absolute atomic E-state index is 3.44. The number of nitrogens with zero attached hydrogens (tertiary/aromatic N) is 1. The van der Waals surface area contributed by atoms with Crippen LogP contribution in [0.15, 0.2) is 6.07 Å². The third-order valence-electron chi connectivity index (χ3n) is 2.28. The Morgan fingerprint density at radius 1 is 1.40 bits per heavy atom. The van der Waals surface area contributed by atoms with Crippen molar-refractivity contribution in [2.24, 2.45) is 0 Å². The Hall–Kier alpha value is -0.380. The first-order chi connectivity index (χ1) is 7.13. The highest BCUT2D eigenvalue weighted by Crippen LogP contribution is 2.22. The fraction of sp³-hybridized carbons (Fsp3) is 0.667. The van der Waals surface area contributed by atoms with Crippen LogP contribution in [0.3, 0.4) is 0 Å². The van der Waals surface area contributed by atoms with Gasteiger partial charge in [0, 0.05) is 22.8 Å². The summed E-state index contributed by atoms with van der Waals surface area (Å²) in [7, 11) is 4.23. The second-order valence-corrected chi connectivity index (χ2v) is 5.55. The molecule has 15 heavy (non-hydrogen) atoms. The molecule has 0 aromatic carbocycles. The van der Waals surface area contributed by atoms with Crippen molar-refractivity contribution in [1.82, 2.24) is 10.2 Å². The summed E-state index contributed by atoms with van der Waals surface area (Å²) in [5.74, 6) is 0. The lowest BCUT2D eigenvalue weighted by Gasteiger charge is -2.08. The molecule has 0 bridgehead atoms. The van der Waals surface area contributed by atoms with E-state index >= 15 is 0 Å². The van der Waals surface area contributed by atoms with Crippen molar-refractivity contribution < 1.29 is 0 Å². The molecule has 0 amide bonds. The predicted octanol–water partition coefficient (Wildman–Crippen LogP) is 2.62. The highest BCUT2D eigenvalue weighted by Gasteiger charge is 2.05. The van der Waals surface area contributed by atoms with E-state index in [1.165, 1.54) is 21.7 Å². The van der Waals surface area contributed by atoms with Gasteiger partial charge in [0.15, 0.2) is 0 Å². The first-order valence-corrected chi connectivity index (χ1v) is 6.38. The molecule has 1 heterocycles. The first-order valence-electron chi connectivity index (χ1n) is 5.57. The third kappa shape index (κ3) is 4.33. The zero-order chi connectivity index (χ0) is 11.3. The lowest BCUT2D eigenvalue weighted by Crippen LogP contribution is -2.13. The lowest BCUT2D eigenvalue weighted by atomic mass is 10.2. The molecule has 0 atom stereocenters. The van der Waals surface area contributed by atoms with Crippen LogP contribution in [-0.4, -0.2) is 25.5 Å². The first kappa shape index (κ1) is 12.7. The molecule has 1 aromatic rings. The van der Waals surface area contributed by atoms with Crippen molar-refractivity contribution >= 4 is 11.3 Å². The third-order valence-corrected chi connectivity index (χ3v) is 3.38. The fourth-order valence-corrected chi connectivity index (χ4v) is 2.58. The molecule has 1 N–H and O–H groups in total. The van der Waals surface area contributed by atoms with E-state index < -0.39 is 0 Å². The van der Waals surface area contributed by atoms with Gasteiger partial charge in [-0.1, -0.05) is 6.92 Å². The van der Waals surface area contributed by atoms with Gasteiger partial charge in [-0.3, -0.25) is 0 Å². The minimum absolute atomic E-state index is 1.02. The molecule has 2 nitrogen and oxygen atoms in total. The van der Waals surface area contributed by atoms with Gasteiger partial charge in [0.25, 0.3) is 0 Å². The lowest BCUT2D eigenvalue weighted by molar-refractivity contribution is 0.402. The van der Waals surface area contributed by atoms with Crippen LogP contribution >= 0.6 is 11.3 Å². The van der Waals surface area contributed by atoms with Crippen LogP contribution < -0.4 is 5.32 Å². The van der Waals surface area contributed by atoms with Crippen molar-refractivity contribution in [3.63, 3.8) is 0 Å². The molecule has 0 radical (unpaired) electrons. The molecule has 0 saturated carbocycles. The van der Waals surface area contributed by atoms with Gasteiger partial charge in [0.2, 0.25) is 0 Å². The molecule has 0 aliphatic rings. The Labute approximate surface area is 97.3 Å². The van der Waals surface area contributed by atoms with Gasteiger partial charge in [-0.15, -0.1) is 11.3 Å². The topological polar surface area (TPSA) is 15.3 Å². The Morgan fingerprint density at radius 2 is 2.13 bits per heavy atom. The largest absolute Gasteiger partial charge is 0.312 e. The molecular weight excluding hydrogens is 204 g/mol. The van der Waals surface area contributed by atoms with Crippen LogP contribution in [0.25, 0.3) is 0 Å². The number of thiophene rings is 1. The summed E-state index contributed by atoms with van der Waals surface area (Å²) in [6.07, 6.45) is 1.20. The average molecular weight is 226 g/mol. The highest BCUT2D eigenvalue weighted by atomic mass is 32.1. The summed E-state index contributed by atoms with van der Waals surface area (Å²) >= 11 is 1.92. The molecule has 0 spiro atoms. The van der Waals surface area contributed by atoms with E-state index in [0.29, 0.717) is 0 Å². The zero-order valence-electron chi connectivity index (χ0n) is 10.3. The van der Waals surface area contributed by atoms with E-state index in [0.717, 1.165) is 19.6 Å². The molecule has 0 fully saturated rings. The number of nitrogens with one attached hydrogen (secondary N) is 1. The minimum atomic E-state index is 1.02. The quantitative estimate of drug-likeness (QED) is 0.750. The van der Waals surface area contributed by atoms with E-state index in [2.05, 4.69) is 44.2 Å². The van der Waals surface area contributed by atoms with Crippen molar-refractivity contribution in [3.8, 4) is 0 Å². The Morgan fingerprint density at radius 3 is 2.73 bits per heavy atom. The zero-order valence-corrected chi connectivity index (χ0v) is 11.1. The van der Waals surface area contributed by atoms with Crippen molar-refractivity contribution in [3.05, 3.63) is 21.4 Å². The number of hydrogen-bond donors (Lipinski definition) is 1. The maximum Gasteiger partial charge on any atom is 0.0299 e. The van der Waals surface area contributed by atoms with Crippen LogP contribution in [0.2, 0.25) is 0 Å². The molecule has 0 aliphatic carbocycles. The van der Waals surface area contributed by atoms with E-state index in [4.69, 9.17) is 0 Å². The Bertz CT molecular complexity index is 292. The molecule has 1 rings (SSSR count). The predicted molar refractivity (Wildman–Crippen MR) is 68.4 cm³/mol. The van der Waals surface area contributed by atoms with Gasteiger partial charge in [-0.2, -0.15) is 0 Å². The van der Waals surface area contributed by atoms with Crippen LogP contribution in [0.1, 0.15) is 28.7 Å². The summed E-state index contributed by atoms with van der Waals surface area (Å²) in [4.78, 5) is 5.13. The van der Waals surface area contributed by atoms with Crippen molar-refractivity contribution in [2.75, 3.05) is 20.6 Å². The molecule has 86 valence electrons. The highest BCUT2D eigenvalue weighted by molar-refractivity contribution is 7.12. The summed E-state index contributed by atoms with van der Waals surface area (Å²) in [6.45, 7) is 7.60. The SMILES string of the molecule is CCCNCc1cc(CN(C)C)c(C)s1. The van der Waals surface area contributed by atoms with Crippen LogP contribution in [0, 0.1) is 6.92 Å². The van der Waals surface area contributed by atoms with Crippen molar-refractivity contribution in [1.29, 1.82) is 0 Å². The van der Waals surface area contributed by atoms with Crippen LogP contribution in [0.5, 0.6) is 0 Å². The standard InChI is InChI=1S/C12H22N2S/c1-5-6-13-8-12-7-11(9-14(3)4)10(2)15-12/h7,13H,5-6,8-9H2,1-4H3. The summed E-state index contributed by atoms with van der Waals surface area (Å²) in [5, 5.41) is 3.44. The number of hydrogen-bond acceptors (Lipinski definition) is 3. The molecule has 1 aromatic heterocycles. The van der Waals surface area contributed by atoms with E-state index in [1.54, 1.807) is 0 Å². The summed E-state index contributed by atoms with van der Waals surface area (Å²) in [6, 6.07) is 2.34. The van der Waals surface area contributed by atoms with E-state index in [1.807, 2.05) is 11.3 Å². The molecule has 0 unspecified atom stereocenters. The fourth-order valence-electron chi connectivity index (χ4n) is 1.56. The monoisotopic (exact) mass is 226 g/mol. The number of rotatable bonds is 6. The average Bonchev–Trinajstić information content (AvgIpc) is 2.47. The van der Waals surface area contributed by atoms with Gasteiger partial charge in [0.1, 0.15) is 0 Å². The summed E-state index contributed by atoms with van der Waals surface area (Å²) < 4.78 is 0. The van der Waals surface area contributed by atoms with Crippen LogP contribution in [-0.2, 0) is 13.1 Å². The van der Waals surface area contributed by atoms with E-state index in [-0.39, 0.29) is 0 Å². The van der Waals surface area contributed by atoms with Gasteiger partial charge in [0.05, 0.1) is 0 Å². The molecular formula is C12H22N2S. The minimum Gasteiger partial charge on any atom is -0.312 e. The Balaban J connectivity index is 2.52. The molecule has 3 heteroatoms. The van der Waals surface area contributed by atoms with Gasteiger partial charge in [-0.05, 0) is 45.6 Å². The normalized spacial score (nSPS) is 11.3. The van der Waals surface area contributed by atoms with Gasteiger partial charge in [-0.25, -0.2) is 0 Å².